The number of nitrogens with one attached hydrogen (secondary N) is 1. The topological polar surface area (TPSA) is 84.3 Å². The second-order valence-corrected chi connectivity index (χ2v) is 9.08. The number of amides is 3. The molecule has 2 fully saturated rings. The molecule has 5 rings (SSSR count). The highest BCUT2D eigenvalue weighted by Gasteiger charge is 2.35. The maximum absolute atomic E-state index is 13.9. The van der Waals surface area contributed by atoms with Crippen LogP contribution in [0, 0.1) is 5.82 Å². The average molecular weight is 477 g/mol. The van der Waals surface area contributed by atoms with Crippen LogP contribution in [0.3, 0.4) is 0 Å². The van der Waals surface area contributed by atoms with Crippen molar-refractivity contribution in [2.75, 3.05) is 13.1 Å². The lowest BCUT2D eigenvalue weighted by Gasteiger charge is -2.13. The molecule has 2 aromatic carbocycles. The van der Waals surface area contributed by atoms with E-state index in [0.29, 0.717) is 11.6 Å². The van der Waals surface area contributed by atoms with E-state index in [-0.39, 0.29) is 29.5 Å². The smallest absolute Gasteiger partial charge is 0.293 e. The molecule has 1 aliphatic carbocycles. The van der Waals surface area contributed by atoms with E-state index in [1.807, 2.05) is 30.3 Å². The van der Waals surface area contributed by atoms with Crippen molar-refractivity contribution in [3.8, 4) is 5.69 Å². The summed E-state index contributed by atoms with van der Waals surface area (Å²) in [5.41, 5.74) is 2.31. The Labute approximate surface area is 199 Å². The van der Waals surface area contributed by atoms with Gasteiger partial charge in [-0.25, -0.2) is 9.07 Å². The predicted octanol–water partition coefficient (Wildman–Crippen LogP) is 4.36. The molecule has 1 saturated heterocycles. The maximum Gasteiger partial charge on any atom is 0.293 e. The Bertz CT molecular complexity index is 1300. The number of imide groups is 1. The zero-order valence-corrected chi connectivity index (χ0v) is 18.9. The summed E-state index contributed by atoms with van der Waals surface area (Å²) in [4.78, 5) is 39.2. The number of hydrogen-bond acceptors (Lipinski definition) is 5. The predicted molar refractivity (Wildman–Crippen MR) is 127 cm³/mol. The van der Waals surface area contributed by atoms with Crippen molar-refractivity contribution in [1.29, 1.82) is 0 Å². The van der Waals surface area contributed by atoms with Crippen molar-refractivity contribution in [1.82, 2.24) is 20.0 Å². The van der Waals surface area contributed by atoms with Crippen molar-refractivity contribution >= 4 is 34.9 Å². The largest absolute Gasteiger partial charge is 0.349 e. The summed E-state index contributed by atoms with van der Waals surface area (Å²) in [5.74, 6) is -0.926. The molecule has 1 aromatic heterocycles. The van der Waals surface area contributed by atoms with Gasteiger partial charge in [-0.3, -0.25) is 19.3 Å². The normalized spacial score (nSPS) is 17.0. The SMILES string of the molecule is O=C(NCCN1C(=O)S/C(=C\c2ccccc2F)C1=O)c1cc(C2CC2)nn1-c1ccccc1. The lowest BCUT2D eigenvalue weighted by molar-refractivity contribution is -0.122. The average Bonchev–Trinajstić information content (AvgIpc) is 3.54. The van der Waals surface area contributed by atoms with Gasteiger partial charge in [0.25, 0.3) is 17.1 Å². The third kappa shape index (κ3) is 4.51. The number of nitrogens with zero attached hydrogens (tertiary/aromatic N) is 3. The Morgan fingerprint density at radius 3 is 2.59 bits per heavy atom. The van der Waals surface area contributed by atoms with E-state index < -0.39 is 17.0 Å². The summed E-state index contributed by atoms with van der Waals surface area (Å²) in [5, 5.41) is 6.96. The minimum atomic E-state index is -0.502. The molecule has 2 aliphatic rings. The number of carbonyl (C=O) groups is 3. The number of thioether (sulfide) groups is 1. The van der Waals surface area contributed by atoms with E-state index in [9.17, 15) is 18.8 Å². The molecule has 1 saturated carbocycles. The van der Waals surface area contributed by atoms with Crippen molar-refractivity contribution in [3.63, 3.8) is 0 Å². The van der Waals surface area contributed by atoms with Gasteiger partial charge in [-0.1, -0.05) is 36.4 Å². The van der Waals surface area contributed by atoms with Crippen LogP contribution in [-0.4, -0.2) is 44.8 Å². The molecule has 2 heterocycles. The second kappa shape index (κ2) is 9.26. The highest BCUT2D eigenvalue weighted by Crippen LogP contribution is 2.39. The molecule has 0 unspecified atom stereocenters. The van der Waals surface area contributed by atoms with E-state index in [0.717, 1.165) is 40.9 Å². The summed E-state index contributed by atoms with van der Waals surface area (Å²) in [6, 6.07) is 17.3. The van der Waals surface area contributed by atoms with Gasteiger partial charge in [-0.15, -0.1) is 0 Å². The third-order valence-corrected chi connectivity index (χ3v) is 6.55. The van der Waals surface area contributed by atoms with E-state index in [4.69, 9.17) is 0 Å². The molecule has 0 spiro atoms. The van der Waals surface area contributed by atoms with Crippen LogP contribution in [0.5, 0.6) is 0 Å². The summed E-state index contributed by atoms with van der Waals surface area (Å²) < 4.78 is 15.5. The van der Waals surface area contributed by atoms with Crippen LogP contribution in [-0.2, 0) is 4.79 Å². The quantitative estimate of drug-likeness (QED) is 0.513. The van der Waals surface area contributed by atoms with Gasteiger partial charge in [0.1, 0.15) is 11.5 Å². The van der Waals surface area contributed by atoms with Crippen molar-refractivity contribution in [2.24, 2.45) is 0 Å². The maximum atomic E-state index is 13.9. The Morgan fingerprint density at radius 1 is 1.12 bits per heavy atom. The lowest BCUT2D eigenvalue weighted by atomic mass is 10.2. The first-order valence-corrected chi connectivity index (χ1v) is 11.8. The van der Waals surface area contributed by atoms with E-state index >= 15 is 0 Å². The fourth-order valence-corrected chi connectivity index (χ4v) is 4.56. The molecule has 7 nitrogen and oxygen atoms in total. The number of halogens is 1. The Hall–Kier alpha value is -3.72. The van der Waals surface area contributed by atoms with Crippen LogP contribution in [0.15, 0.2) is 65.6 Å². The first-order valence-electron chi connectivity index (χ1n) is 10.9. The summed E-state index contributed by atoms with van der Waals surface area (Å²) in [6.07, 6.45) is 3.50. The van der Waals surface area contributed by atoms with E-state index in [1.54, 1.807) is 22.9 Å². The number of benzene rings is 2. The van der Waals surface area contributed by atoms with Gasteiger partial charge in [0.15, 0.2) is 0 Å². The molecule has 0 bridgehead atoms. The van der Waals surface area contributed by atoms with Gasteiger partial charge in [0.2, 0.25) is 0 Å². The van der Waals surface area contributed by atoms with Crippen molar-refractivity contribution in [2.45, 2.75) is 18.8 Å². The van der Waals surface area contributed by atoms with Crippen molar-refractivity contribution < 1.29 is 18.8 Å². The number of para-hydroxylation sites is 1. The first kappa shape index (κ1) is 22.1. The number of aromatic nitrogens is 2. The number of rotatable bonds is 7. The lowest BCUT2D eigenvalue weighted by Crippen LogP contribution is -2.37. The third-order valence-electron chi connectivity index (χ3n) is 5.64. The molecule has 9 heteroatoms. The molecular weight excluding hydrogens is 455 g/mol. The fraction of sp³-hybridized carbons (Fsp3) is 0.200. The standard InChI is InChI=1S/C25H21FN4O3S/c26-19-9-5-4-6-17(19)14-22-24(32)29(25(33)34-22)13-12-27-23(31)21-15-20(16-10-11-16)28-30(21)18-7-2-1-3-8-18/h1-9,14-16H,10-13H2,(H,27,31)/b22-14-. The van der Waals surface area contributed by atoms with Gasteiger partial charge < -0.3 is 5.32 Å². The van der Waals surface area contributed by atoms with Crippen LogP contribution in [0.1, 0.15) is 40.5 Å². The molecule has 3 aromatic rings. The molecule has 3 amide bonds. The highest BCUT2D eigenvalue weighted by atomic mass is 32.2. The molecular formula is C25H21FN4O3S. The fourth-order valence-electron chi connectivity index (χ4n) is 3.70. The van der Waals surface area contributed by atoms with Gasteiger partial charge in [0.05, 0.1) is 16.3 Å². The molecule has 1 aliphatic heterocycles. The zero-order valence-electron chi connectivity index (χ0n) is 18.1. The molecule has 34 heavy (non-hydrogen) atoms. The minimum Gasteiger partial charge on any atom is -0.349 e. The van der Waals surface area contributed by atoms with Crippen LogP contribution in [0.25, 0.3) is 11.8 Å². The van der Waals surface area contributed by atoms with Crippen LogP contribution in [0.4, 0.5) is 9.18 Å². The van der Waals surface area contributed by atoms with E-state index in [1.165, 1.54) is 18.2 Å². The monoisotopic (exact) mass is 476 g/mol. The summed E-state index contributed by atoms with van der Waals surface area (Å²) >= 11 is 0.759. The summed E-state index contributed by atoms with van der Waals surface area (Å²) in [7, 11) is 0. The van der Waals surface area contributed by atoms with Crippen LogP contribution in [0.2, 0.25) is 0 Å². The molecule has 0 radical (unpaired) electrons. The van der Waals surface area contributed by atoms with Crippen LogP contribution >= 0.6 is 11.8 Å². The van der Waals surface area contributed by atoms with Gasteiger partial charge >= 0.3 is 0 Å². The highest BCUT2D eigenvalue weighted by molar-refractivity contribution is 8.18. The Morgan fingerprint density at radius 2 is 1.85 bits per heavy atom. The van der Waals surface area contributed by atoms with Gasteiger partial charge in [0, 0.05) is 24.6 Å². The molecule has 0 atom stereocenters. The Kier molecular flexibility index (Phi) is 6.02. The second-order valence-electron chi connectivity index (χ2n) is 8.09. The number of hydrogen-bond donors (Lipinski definition) is 1. The zero-order chi connectivity index (χ0) is 23.7. The van der Waals surface area contributed by atoms with Crippen molar-refractivity contribution in [3.05, 3.63) is 88.3 Å². The van der Waals surface area contributed by atoms with E-state index in [2.05, 4.69) is 10.4 Å². The Balaban J connectivity index is 1.26. The molecule has 1 N–H and O–H groups in total. The van der Waals surface area contributed by atoms with Crippen LogP contribution < -0.4 is 5.32 Å². The number of carbonyl (C=O) groups excluding carboxylic acids is 3. The van der Waals surface area contributed by atoms with Gasteiger partial charge in [-0.2, -0.15) is 5.10 Å². The van der Waals surface area contributed by atoms with Gasteiger partial charge in [-0.05, 0) is 54.9 Å². The first-order chi connectivity index (χ1) is 16.5. The molecule has 172 valence electrons. The summed E-state index contributed by atoms with van der Waals surface area (Å²) in [6.45, 7) is 0.0998. The minimum absolute atomic E-state index is 0.0139.